The lowest BCUT2D eigenvalue weighted by molar-refractivity contribution is -0.134. The molecule has 13 heteroatoms. The lowest BCUT2D eigenvalue weighted by Gasteiger charge is -2.26. The Morgan fingerprint density at radius 3 is 2.12 bits per heavy atom. The molecule has 9 N–H and O–H groups in total. The van der Waals surface area contributed by atoms with Gasteiger partial charge < -0.3 is 37.6 Å². The highest BCUT2D eigenvalue weighted by Gasteiger charge is 2.30. The van der Waals surface area contributed by atoms with Gasteiger partial charge in [0.1, 0.15) is 18.1 Å². The molecule has 1 aliphatic heterocycles. The summed E-state index contributed by atoms with van der Waals surface area (Å²) >= 11 is 0. The molecule has 0 bridgehead atoms. The van der Waals surface area contributed by atoms with Crippen molar-refractivity contribution in [1.82, 2.24) is 31.9 Å². The van der Waals surface area contributed by atoms with E-state index in [2.05, 4.69) is 31.9 Å². The number of rotatable bonds is 10. The Hall–Kier alpha value is -4.16. The summed E-state index contributed by atoms with van der Waals surface area (Å²) in [5.41, 5.74) is 6.15. The number of benzene rings is 1. The largest absolute Gasteiger partial charge is 0.370 e. The molecule has 2 rings (SSSR count). The van der Waals surface area contributed by atoms with Crippen LogP contribution in [0.4, 0.5) is 0 Å². The van der Waals surface area contributed by atoms with E-state index in [9.17, 15) is 24.0 Å². The highest BCUT2D eigenvalue weighted by atomic mass is 16.2. The maximum absolute atomic E-state index is 13.5. The topological polar surface area (TPSA) is 207 Å². The monoisotopic (exact) mass is 572 g/mol. The van der Waals surface area contributed by atoms with Gasteiger partial charge in [-0.25, -0.2) is 0 Å². The van der Waals surface area contributed by atoms with E-state index in [0.29, 0.717) is 32.2 Å². The van der Waals surface area contributed by atoms with Crippen molar-refractivity contribution in [1.29, 1.82) is 5.41 Å². The number of hydrogen-bond acceptors (Lipinski definition) is 6. The van der Waals surface area contributed by atoms with Crippen LogP contribution < -0.4 is 37.6 Å². The minimum Gasteiger partial charge on any atom is -0.370 e. The molecule has 226 valence electrons. The van der Waals surface area contributed by atoms with Gasteiger partial charge in [-0.05, 0) is 31.2 Å². The van der Waals surface area contributed by atoms with Crippen LogP contribution in [0.25, 0.3) is 0 Å². The van der Waals surface area contributed by atoms with E-state index in [1.54, 1.807) is 0 Å². The van der Waals surface area contributed by atoms with Gasteiger partial charge in [0.25, 0.3) is 0 Å². The molecular weight excluding hydrogens is 528 g/mol. The molecule has 1 aromatic rings. The fourth-order valence-corrected chi connectivity index (χ4v) is 4.42. The third kappa shape index (κ3) is 12.3. The molecule has 41 heavy (non-hydrogen) atoms. The second-order valence-electron chi connectivity index (χ2n) is 10.2. The molecule has 1 saturated heterocycles. The molecule has 4 atom stereocenters. The molecule has 0 aromatic heterocycles. The van der Waals surface area contributed by atoms with E-state index in [-0.39, 0.29) is 31.8 Å². The van der Waals surface area contributed by atoms with Crippen molar-refractivity contribution in [2.45, 2.75) is 89.4 Å². The smallest absolute Gasteiger partial charge is 0.243 e. The average molecular weight is 573 g/mol. The minimum absolute atomic E-state index is 0.0553. The second-order valence-corrected chi connectivity index (χ2v) is 10.2. The van der Waals surface area contributed by atoms with Crippen LogP contribution in [-0.2, 0) is 30.4 Å². The summed E-state index contributed by atoms with van der Waals surface area (Å²) in [5.74, 6) is -2.73. The zero-order chi connectivity index (χ0) is 30.2. The van der Waals surface area contributed by atoms with E-state index >= 15 is 0 Å². The SMILES string of the molecule is CCCC[C@@H]1NC(=O)[C@@H](Cc2ccccc2)NC(=O)C[C@H](CC)NC(=O)CNC(=O)[C@H](CCCNC(=N)N)NC1=O. The predicted molar refractivity (Wildman–Crippen MR) is 154 cm³/mol. The van der Waals surface area contributed by atoms with Crippen LogP contribution in [0.2, 0.25) is 0 Å². The van der Waals surface area contributed by atoms with Gasteiger partial charge in [-0.1, -0.05) is 57.0 Å². The van der Waals surface area contributed by atoms with Gasteiger partial charge in [-0.2, -0.15) is 0 Å². The van der Waals surface area contributed by atoms with Crippen LogP contribution in [0, 0.1) is 5.41 Å². The van der Waals surface area contributed by atoms with Crippen molar-refractivity contribution in [2.24, 2.45) is 5.73 Å². The Balaban J connectivity index is 2.35. The maximum Gasteiger partial charge on any atom is 0.243 e. The van der Waals surface area contributed by atoms with Crippen molar-refractivity contribution in [3.63, 3.8) is 0 Å². The van der Waals surface area contributed by atoms with Crippen LogP contribution in [-0.4, -0.2) is 72.8 Å². The molecule has 0 spiro atoms. The Morgan fingerprint density at radius 2 is 1.49 bits per heavy atom. The molecule has 13 nitrogen and oxygen atoms in total. The van der Waals surface area contributed by atoms with Gasteiger partial charge in [-0.3, -0.25) is 29.4 Å². The molecule has 1 fully saturated rings. The normalized spacial score (nSPS) is 22.9. The van der Waals surface area contributed by atoms with E-state index in [4.69, 9.17) is 11.1 Å². The van der Waals surface area contributed by atoms with Crippen LogP contribution in [0.3, 0.4) is 0 Å². The van der Waals surface area contributed by atoms with Gasteiger partial charge in [-0.15, -0.1) is 0 Å². The standard InChI is InChI=1S/C28H44N8O5/c1-3-5-12-21-26(40)35-20(13-9-14-31-28(29)30)25(39)32-17-24(38)33-19(4-2)16-23(37)34-22(27(41)36-21)15-18-10-7-6-8-11-18/h6-8,10-11,19-22H,3-5,9,12-17H2,1-2H3,(H,32,39)(H,33,38)(H,34,37)(H,35,40)(H,36,41)(H4,29,30,31)/t19-,20-,21-,22+/m0/s1. The van der Waals surface area contributed by atoms with Crippen LogP contribution in [0.5, 0.6) is 0 Å². The van der Waals surface area contributed by atoms with E-state index in [1.165, 1.54) is 0 Å². The first-order valence-electron chi connectivity index (χ1n) is 14.2. The van der Waals surface area contributed by atoms with Gasteiger partial charge in [0, 0.05) is 25.4 Å². The number of amides is 5. The summed E-state index contributed by atoms with van der Waals surface area (Å²) in [4.78, 5) is 65.5. The Labute approximate surface area is 241 Å². The lowest BCUT2D eigenvalue weighted by Crippen LogP contribution is -2.58. The Morgan fingerprint density at radius 1 is 0.854 bits per heavy atom. The average Bonchev–Trinajstić information content (AvgIpc) is 2.94. The number of hydrogen-bond donors (Lipinski definition) is 8. The van der Waals surface area contributed by atoms with E-state index in [0.717, 1.165) is 12.0 Å². The van der Waals surface area contributed by atoms with Gasteiger partial charge in [0.2, 0.25) is 29.5 Å². The second kappa shape index (κ2) is 17.5. The van der Waals surface area contributed by atoms with Crippen LogP contribution in [0.1, 0.15) is 64.4 Å². The zero-order valence-corrected chi connectivity index (χ0v) is 23.9. The molecule has 0 saturated carbocycles. The van der Waals surface area contributed by atoms with Crippen LogP contribution in [0.15, 0.2) is 30.3 Å². The lowest BCUT2D eigenvalue weighted by atomic mass is 10.0. The molecule has 0 unspecified atom stereocenters. The summed E-state index contributed by atoms with van der Waals surface area (Å²) in [6.45, 7) is 3.76. The summed E-state index contributed by atoms with van der Waals surface area (Å²) in [7, 11) is 0. The first-order valence-corrected chi connectivity index (χ1v) is 14.2. The maximum atomic E-state index is 13.5. The third-order valence-corrected chi connectivity index (χ3v) is 6.74. The van der Waals surface area contributed by atoms with Crippen molar-refractivity contribution < 1.29 is 24.0 Å². The quantitative estimate of drug-likeness (QED) is 0.105. The number of guanidine groups is 1. The molecule has 0 radical (unpaired) electrons. The van der Waals surface area contributed by atoms with Gasteiger partial charge >= 0.3 is 0 Å². The first kappa shape index (κ1) is 33.0. The number of carbonyl (C=O) groups is 5. The van der Waals surface area contributed by atoms with Crippen molar-refractivity contribution in [3.05, 3.63) is 35.9 Å². The van der Waals surface area contributed by atoms with E-state index < -0.39 is 53.7 Å². The number of carbonyl (C=O) groups excluding carboxylic acids is 5. The fourth-order valence-electron chi connectivity index (χ4n) is 4.42. The molecular formula is C28H44N8O5. The summed E-state index contributed by atoms with van der Waals surface area (Å²) < 4.78 is 0. The van der Waals surface area contributed by atoms with Gasteiger partial charge in [0.15, 0.2) is 5.96 Å². The minimum atomic E-state index is -0.986. The molecule has 1 aliphatic rings. The van der Waals surface area contributed by atoms with Crippen molar-refractivity contribution in [3.8, 4) is 0 Å². The molecule has 0 aliphatic carbocycles. The first-order chi connectivity index (χ1) is 19.6. The highest BCUT2D eigenvalue weighted by molar-refractivity contribution is 5.95. The van der Waals surface area contributed by atoms with Gasteiger partial charge in [0.05, 0.1) is 6.54 Å². The highest BCUT2D eigenvalue weighted by Crippen LogP contribution is 2.09. The third-order valence-electron chi connectivity index (χ3n) is 6.74. The predicted octanol–water partition coefficient (Wildman–Crippen LogP) is -0.448. The Bertz CT molecular complexity index is 1050. The fraction of sp³-hybridized carbons (Fsp3) is 0.571. The zero-order valence-electron chi connectivity index (χ0n) is 23.9. The van der Waals surface area contributed by atoms with E-state index in [1.807, 2.05) is 44.2 Å². The molecule has 1 aromatic carbocycles. The van der Waals surface area contributed by atoms with Crippen LogP contribution >= 0.6 is 0 Å². The molecule has 5 amide bonds. The number of unbranched alkanes of at least 4 members (excludes halogenated alkanes) is 1. The Kier molecular flexibility index (Phi) is 14.1. The number of nitrogens with one attached hydrogen (secondary N) is 7. The van der Waals surface area contributed by atoms with Crippen molar-refractivity contribution in [2.75, 3.05) is 13.1 Å². The summed E-state index contributed by atoms with van der Waals surface area (Å²) in [6, 6.07) is 5.83. The van der Waals surface area contributed by atoms with Crippen molar-refractivity contribution >= 4 is 35.5 Å². The summed E-state index contributed by atoms with van der Waals surface area (Å²) in [5, 5.41) is 23.6. The number of nitrogens with two attached hydrogens (primary N) is 1. The summed E-state index contributed by atoms with van der Waals surface area (Å²) in [6.07, 6.45) is 2.98. The molecule has 1 heterocycles.